The standard InChI is InChI=1S/C23H31N3O5S/c1-26(2)32(29,30)25-20-10-6-13-24-21(20)16-17-7-5-8-18(15-17)19-9-3-4-11-22(19)31-14-12-23(27)28/h3-5,7-9,11,15,20-21,24-25H,6,10,12-14,16H2,1-2H3,(H,27,28). The Kier molecular flexibility index (Phi) is 8.25. The molecule has 2 aromatic carbocycles. The molecule has 0 amide bonds. The lowest BCUT2D eigenvalue weighted by Crippen LogP contribution is -2.56. The molecule has 2 aromatic rings. The zero-order valence-corrected chi connectivity index (χ0v) is 19.3. The number of carboxylic acid groups (broad SMARTS) is 1. The molecule has 1 heterocycles. The van der Waals surface area contributed by atoms with Crippen molar-refractivity contribution < 1.29 is 23.1 Å². The lowest BCUT2D eigenvalue weighted by molar-refractivity contribution is -0.137. The number of para-hydroxylation sites is 1. The van der Waals surface area contributed by atoms with Crippen molar-refractivity contribution in [3.63, 3.8) is 0 Å². The highest BCUT2D eigenvalue weighted by molar-refractivity contribution is 7.87. The van der Waals surface area contributed by atoms with E-state index in [1.807, 2.05) is 42.5 Å². The number of carbonyl (C=O) groups is 1. The van der Waals surface area contributed by atoms with Crippen molar-refractivity contribution in [1.29, 1.82) is 0 Å². The van der Waals surface area contributed by atoms with Gasteiger partial charge in [-0.15, -0.1) is 0 Å². The molecular weight excluding hydrogens is 430 g/mol. The van der Waals surface area contributed by atoms with Crippen LogP contribution in [0.2, 0.25) is 0 Å². The van der Waals surface area contributed by atoms with Crippen LogP contribution in [-0.2, 0) is 21.4 Å². The van der Waals surface area contributed by atoms with Crippen LogP contribution in [0, 0.1) is 0 Å². The Balaban J connectivity index is 1.77. The van der Waals surface area contributed by atoms with E-state index in [0.717, 1.165) is 36.1 Å². The van der Waals surface area contributed by atoms with Gasteiger partial charge in [0.15, 0.2) is 0 Å². The SMILES string of the molecule is CN(C)S(=O)(=O)NC1CCCNC1Cc1cccc(-c2ccccc2OCCC(=O)O)c1. The number of ether oxygens (including phenoxy) is 1. The van der Waals surface area contributed by atoms with E-state index in [-0.39, 0.29) is 25.1 Å². The summed E-state index contributed by atoms with van der Waals surface area (Å²) in [5.74, 6) is -0.262. The molecule has 0 spiro atoms. The van der Waals surface area contributed by atoms with E-state index in [2.05, 4.69) is 16.1 Å². The van der Waals surface area contributed by atoms with Crippen molar-refractivity contribution in [2.24, 2.45) is 0 Å². The monoisotopic (exact) mass is 461 g/mol. The number of benzene rings is 2. The average molecular weight is 462 g/mol. The number of rotatable bonds is 10. The van der Waals surface area contributed by atoms with Gasteiger partial charge in [-0.25, -0.2) is 0 Å². The van der Waals surface area contributed by atoms with Crippen LogP contribution in [-0.4, -0.2) is 63.1 Å². The highest BCUT2D eigenvalue weighted by Gasteiger charge is 2.29. The molecule has 1 aliphatic heterocycles. The molecule has 3 rings (SSSR count). The minimum Gasteiger partial charge on any atom is -0.492 e. The number of nitrogens with one attached hydrogen (secondary N) is 2. The molecule has 1 aliphatic rings. The van der Waals surface area contributed by atoms with E-state index in [1.165, 1.54) is 18.4 Å². The van der Waals surface area contributed by atoms with Gasteiger partial charge in [0.05, 0.1) is 13.0 Å². The predicted molar refractivity (Wildman–Crippen MR) is 124 cm³/mol. The molecule has 3 N–H and O–H groups in total. The van der Waals surface area contributed by atoms with Crippen LogP contribution < -0.4 is 14.8 Å². The lowest BCUT2D eigenvalue weighted by Gasteiger charge is -2.34. The van der Waals surface area contributed by atoms with Gasteiger partial charge in [0.25, 0.3) is 10.2 Å². The van der Waals surface area contributed by atoms with Crippen molar-refractivity contribution in [2.75, 3.05) is 27.2 Å². The summed E-state index contributed by atoms with van der Waals surface area (Å²) in [6.07, 6.45) is 2.31. The zero-order chi connectivity index (χ0) is 23.1. The molecule has 0 aromatic heterocycles. The lowest BCUT2D eigenvalue weighted by atomic mass is 9.92. The smallest absolute Gasteiger partial charge is 0.306 e. The first-order valence-corrected chi connectivity index (χ1v) is 12.2. The molecular formula is C23H31N3O5S. The van der Waals surface area contributed by atoms with Gasteiger partial charge in [-0.05, 0) is 43.0 Å². The number of aliphatic carboxylic acids is 1. The maximum atomic E-state index is 12.3. The van der Waals surface area contributed by atoms with Gasteiger partial charge in [-0.3, -0.25) is 4.79 Å². The van der Waals surface area contributed by atoms with E-state index in [4.69, 9.17) is 9.84 Å². The first-order valence-electron chi connectivity index (χ1n) is 10.7. The van der Waals surface area contributed by atoms with Gasteiger partial charge in [0.1, 0.15) is 5.75 Å². The maximum absolute atomic E-state index is 12.3. The second kappa shape index (κ2) is 10.9. The first kappa shape index (κ1) is 24.2. The molecule has 8 nitrogen and oxygen atoms in total. The van der Waals surface area contributed by atoms with Gasteiger partial charge < -0.3 is 15.2 Å². The summed E-state index contributed by atoms with van der Waals surface area (Å²) in [5, 5.41) is 12.3. The van der Waals surface area contributed by atoms with Crippen molar-refractivity contribution in [3.8, 4) is 16.9 Å². The van der Waals surface area contributed by atoms with Gasteiger partial charge in [0, 0.05) is 31.7 Å². The van der Waals surface area contributed by atoms with Crippen LogP contribution in [0.3, 0.4) is 0 Å². The number of hydrogen-bond donors (Lipinski definition) is 3. The number of hydrogen-bond acceptors (Lipinski definition) is 5. The van der Waals surface area contributed by atoms with Crippen molar-refractivity contribution in [2.45, 2.75) is 37.8 Å². The van der Waals surface area contributed by atoms with Crippen LogP contribution in [0.1, 0.15) is 24.8 Å². The van der Waals surface area contributed by atoms with E-state index < -0.39 is 16.2 Å². The van der Waals surface area contributed by atoms with Crippen molar-refractivity contribution in [3.05, 3.63) is 54.1 Å². The zero-order valence-electron chi connectivity index (χ0n) is 18.5. The molecule has 2 unspecified atom stereocenters. The molecule has 0 saturated carbocycles. The van der Waals surface area contributed by atoms with Crippen molar-refractivity contribution >= 4 is 16.2 Å². The van der Waals surface area contributed by atoms with Crippen LogP contribution in [0.15, 0.2) is 48.5 Å². The van der Waals surface area contributed by atoms with E-state index in [1.54, 1.807) is 0 Å². The van der Waals surface area contributed by atoms with Gasteiger partial charge >= 0.3 is 5.97 Å². The molecule has 2 atom stereocenters. The maximum Gasteiger partial charge on any atom is 0.306 e. The largest absolute Gasteiger partial charge is 0.492 e. The van der Waals surface area contributed by atoms with E-state index >= 15 is 0 Å². The summed E-state index contributed by atoms with van der Waals surface area (Å²) in [6, 6.07) is 15.4. The Hall–Kier alpha value is -2.46. The van der Waals surface area contributed by atoms with Crippen LogP contribution in [0.4, 0.5) is 0 Å². The Morgan fingerprint density at radius 1 is 1.22 bits per heavy atom. The second-order valence-corrected chi connectivity index (χ2v) is 10.0. The Morgan fingerprint density at radius 2 is 2.00 bits per heavy atom. The average Bonchev–Trinajstić information content (AvgIpc) is 2.75. The summed E-state index contributed by atoms with van der Waals surface area (Å²) >= 11 is 0. The number of carboxylic acids is 1. The summed E-state index contributed by atoms with van der Waals surface area (Å²) in [6.45, 7) is 0.955. The third-order valence-corrected chi connectivity index (χ3v) is 7.08. The van der Waals surface area contributed by atoms with Gasteiger partial charge in [-0.1, -0.05) is 42.5 Å². The number of piperidine rings is 1. The Morgan fingerprint density at radius 3 is 2.75 bits per heavy atom. The molecule has 1 fully saturated rings. The number of nitrogens with zero attached hydrogens (tertiary/aromatic N) is 1. The fourth-order valence-corrected chi connectivity index (χ4v) is 4.68. The third-order valence-electron chi connectivity index (χ3n) is 5.52. The molecule has 0 aliphatic carbocycles. The fraction of sp³-hybridized carbons (Fsp3) is 0.435. The molecule has 0 bridgehead atoms. The van der Waals surface area contributed by atoms with Crippen LogP contribution in [0.25, 0.3) is 11.1 Å². The molecule has 0 radical (unpaired) electrons. The topological polar surface area (TPSA) is 108 Å². The molecule has 32 heavy (non-hydrogen) atoms. The summed E-state index contributed by atoms with van der Waals surface area (Å²) < 4.78 is 34.4. The molecule has 1 saturated heterocycles. The van der Waals surface area contributed by atoms with Gasteiger partial charge in [-0.2, -0.15) is 17.4 Å². The second-order valence-electron chi connectivity index (χ2n) is 8.11. The Bertz CT molecular complexity index is 1030. The van der Waals surface area contributed by atoms with Crippen LogP contribution in [0.5, 0.6) is 5.75 Å². The van der Waals surface area contributed by atoms with E-state index in [9.17, 15) is 13.2 Å². The minimum atomic E-state index is -3.51. The normalized spacial score (nSPS) is 19.1. The first-order chi connectivity index (χ1) is 15.3. The Labute approximate surface area is 189 Å². The highest BCUT2D eigenvalue weighted by atomic mass is 32.2. The fourth-order valence-electron chi connectivity index (χ4n) is 3.80. The van der Waals surface area contributed by atoms with Gasteiger partial charge in [0.2, 0.25) is 0 Å². The summed E-state index contributed by atoms with van der Waals surface area (Å²) in [4.78, 5) is 10.8. The summed E-state index contributed by atoms with van der Waals surface area (Å²) in [7, 11) is -0.468. The molecule has 9 heteroatoms. The quantitative estimate of drug-likeness (QED) is 0.501. The molecule has 174 valence electrons. The highest BCUT2D eigenvalue weighted by Crippen LogP contribution is 2.31. The van der Waals surface area contributed by atoms with Crippen molar-refractivity contribution in [1.82, 2.24) is 14.3 Å². The summed E-state index contributed by atoms with van der Waals surface area (Å²) in [5.41, 5.74) is 2.94. The van der Waals surface area contributed by atoms with E-state index in [0.29, 0.717) is 12.2 Å². The minimum absolute atomic E-state index is 0.0178. The van der Waals surface area contributed by atoms with Crippen LogP contribution >= 0.6 is 0 Å². The predicted octanol–water partition coefficient (Wildman–Crippen LogP) is 2.27. The third kappa shape index (κ3) is 6.52.